The maximum Gasteiger partial charge on any atom is 0.338 e. The number of rotatable bonds is 7. The zero-order valence-electron chi connectivity index (χ0n) is 13.3. The quantitative estimate of drug-likeness (QED) is 0.741. The summed E-state index contributed by atoms with van der Waals surface area (Å²) in [6.07, 6.45) is 0. The number of nitrogens with one attached hydrogen (secondary N) is 1. The van der Waals surface area contributed by atoms with Crippen LogP contribution in [0.1, 0.15) is 22.8 Å². The molecule has 0 saturated heterocycles. The molecule has 0 saturated carbocycles. The van der Waals surface area contributed by atoms with Crippen LogP contribution in [0.3, 0.4) is 0 Å². The van der Waals surface area contributed by atoms with Crippen LogP contribution in [0.2, 0.25) is 5.02 Å². The second-order valence-electron chi connectivity index (χ2n) is 4.93. The number of anilines is 1. The van der Waals surface area contributed by atoms with Gasteiger partial charge in [0.25, 0.3) is 0 Å². The zero-order chi connectivity index (χ0) is 17.4. The number of esters is 1. The first-order chi connectivity index (χ1) is 11.6. The molecule has 0 bridgehead atoms. The Kier molecular flexibility index (Phi) is 7.15. The lowest BCUT2D eigenvalue weighted by molar-refractivity contribution is -0.113. The van der Waals surface area contributed by atoms with E-state index < -0.39 is 5.97 Å². The first-order valence-electron chi connectivity index (χ1n) is 7.48. The van der Waals surface area contributed by atoms with Gasteiger partial charge in [-0.25, -0.2) is 4.79 Å². The number of thioether (sulfide) groups is 1. The highest BCUT2D eigenvalue weighted by atomic mass is 35.5. The van der Waals surface area contributed by atoms with E-state index in [4.69, 9.17) is 16.3 Å². The molecule has 1 N–H and O–H groups in total. The van der Waals surface area contributed by atoms with Crippen molar-refractivity contribution in [3.05, 3.63) is 64.7 Å². The van der Waals surface area contributed by atoms with Gasteiger partial charge in [0.05, 0.1) is 17.9 Å². The second-order valence-corrected chi connectivity index (χ2v) is 6.33. The lowest BCUT2D eigenvalue weighted by atomic mass is 10.2. The van der Waals surface area contributed by atoms with E-state index in [9.17, 15) is 9.59 Å². The van der Waals surface area contributed by atoms with E-state index in [1.54, 1.807) is 31.2 Å². The molecule has 0 spiro atoms. The molecular weight excluding hydrogens is 346 g/mol. The number of benzene rings is 2. The number of halogens is 1. The van der Waals surface area contributed by atoms with Crippen molar-refractivity contribution in [2.24, 2.45) is 0 Å². The summed E-state index contributed by atoms with van der Waals surface area (Å²) < 4.78 is 4.94. The van der Waals surface area contributed by atoms with Crippen LogP contribution in [0.25, 0.3) is 0 Å². The molecule has 0 aliphatic carbocycles. The predicted octanol–water partition coefficient (Wildman–Crippen LogP) is 4.39. The summed E-state index contributed by atoms with van der Waals surface area (Å²) in [4.78, 5) is 23.7. The van der Waals surface area contributed by atoms with Crippen molar-refractivity contribution in [1.29, 1.82) is 0 Å². The molecular formula is C18H18ClNO3S. The number of hydrogen-bond acceptors (Lipinski definition) is 4. The minimum absolute atomic E-state index is 0.131. The van der Waals surface area contributed by atoms with Crippen LogP contribution in [-0.2, 0) is 15.3 Å². The average Bonchev–Trinajstić information content (AvgIpc) is 2.57. The first kappa shape index (κ1) is 18.4. The molecule has 0 atom stereocenters. The number of amides is 1. The molecule has 4 nitrogen and oxygen atoms in total. The van der Waals surface area contributed by atoms with Gasteiger partial charge < -0.3 is 10.1 Å². The van der Waals surface area contributed by atoms with Gasteiger partial charge in [0.1, 0.15) is 0 Å². The van der Waals surface area contributed by atoms with Crippen LogP contribution in [0.15, 0.2) is 48.5 Å². The normalized spacial score (nSPS) is 10.2. The molecule has 0 heterocycles. The maximum atomic E-state index is 12.0. The molecule has 1 amide bonds. The van der Waals surface area contributed by atoms with Crippen LogP contribution in [0.5, 0.6) is 0 Å². The molecule has 0 radical (unpaired) electrons. The minimum atomic E-state index is -0.401. The number of carbonyl (C=O) groups is 2. The van der Waals surface area contributed by atoms with E-state index in [2.05, 4.69) is 5.32 Å². The fourth-order valence-corrected chi connectivity index (χ4v) is 3.12. The molecule has 24 heavy (non-hydrogen) atoms. The third kappa shape index (κ3) is 5.58. The van der Waals surface area contributed by atoms with Crippen molar-refractivity contribution in [3.63, 3.8) is 0 Å². The van der Waals surface area contributed by atoms with Crippen molar-refractivity contribution < 1.29 is 14.3 Å². The molecule has 6 heteroatoms. The zero-order valence-corrected chi connectivity index (χ0v) is 14.8. The van der Waals surface area contributed by atoms with Crippen molar-refractivity contribution >= 4 is 40.9 Å². The molecule has 2 rings (SSSR count). The standard InChI is InChI=1S/C18H18ClNO3S/c1-2-23-18(22)13-7-5-8-15(10-13)20-17(21)12-24-11-14-6-3-4-9-16(14)19/h3-10H,2,11-12H2,1H3,(H,20,21). The van der Waals surface area contributed by atoms with Gasteiger partial charge in [-0.1, -0.05) is 35.9 Å². The van der Waals surface area contributed by atoms with Crippen molar-refractivity contribution in [2.45, 2.75) is 12.7 Å². The molecule has 0 aliphatic heterocycles. The van der Waals surface area contributed by atoms with Crippen LogP contribution in [-0.4, -0.2) is 24.2 Å². The van der Waals surface area contributed by atoms with E-state index in [0.717, 1.165) is 5.56 Å². The lowest BCUT2D eigenvalue weighted by Gasteiger charge is -2.08. The molecule has 0 aliphatic rings. The smallest absolute Gasteiger partial charge is 0.338 e. The maximum absolute atomic E-state index is 12.0. The summed E-state index contributed by atoms with van der Waals surface area (Å²) in [5.74, 6) is 0.430. The van der Waals surface area contributed by atoms with E-state index in [1.165, 1.54) is 11.8 Å². The first-order valence-corrected chi connectivity index (χ1v) is 9.01. The molecule has 2 aromatic carbocycles. The number of ether oxygens (including phenoxy) is 1. The topological polar surface area (TPSA) is 55.4 Å². The van der Waals surface area contributed by atoms with E-state index in [0.29, 0.717) is 34.4 Å². The summed E-state index contributed by atoms with van der Waals surface area (Å²) in [7, 11) is 0. The summed E-state index contributed by atoms with van der Waals surface area (Å²) >= 11 is 7.56. The van der Waals surface area contributed by atoms with Crippen LogP contribution in [0, 0.1) is 0 Å². The largest absolute Gasteiger partial charge is 0.462 e. The molecule has 0 aromatic heterocycles. The van der Waals surface area contributed by atoms with Gasteiger partial charge in [0.2, 0.25) is 5.91 Å². The Labute approximate surface area is 150 Å². The van der Waals surface area contributed by atoms with Gasteiger partial charge in [-0.3, -0.25) is 4.79 Å². The van der Waals surface area contributed by atoms with Gasteiger partial charge in [-0.15, -0.1) is 11.8 Å². The molecule has 0 fully saturated rings. The average molecular weight is 364 g/mol. The van der Waals surface area contributed by atoms with E-state index in [-0.39, 0.29) is 5.91 Å². The third-order valence-electron chi connectivity index (χ3n) is 3.11. The Balaban J connectivity index is 1.85. The van der Waals surface area contributed by atoms with Gasteiger partial charge in [-0.05, 0) is 36.8 Å². The summed E-state index contributed by atoms with van der Waals surface area (Å²) in [5, 5.41) is 3.48. The molecule has 2 aromatic rings. The SMILES string of the molecule is CCOC(=O)c1cccc(NC(=O)CSCc2ccccc2Cl)c1. The van der Waals surface area contributed by atoms with Crippen molar-refractivity contribution in [1.82, 2.24) is 0 Å². The van der Waals surface area contributed by atoms with Crippen molar-refractivity contribution in [3.8, 4) is 0 Å². The highest BCUT2D eigenvalue weighted by Crippen LogP contribution is 2.21. The summed E-state index contributed by atoms with van der Waals surface area (Å²) in [6.45, 7) is 2.06. The Hall–Kier alpha value is -1.98. The summed E-state index contributed by atoms with van der Waals surface area (Å²) in [5.41, 5.74) is 1.99. The van der Waals surface area contributed by atoms with E-state index >= 15 is 0 Å². The van der Waals surface area contributed by atoms with Crippen molar-refractivity contribution in [2.75, 3.05) is 17.7 Å². The highest BCUT2D eigenvalue weighted by Gasteiger charge is 2.09. The van der Waals surface area contributed by atoms with Gasteiger partial charge in [0, 0.05) is 16.5 Å². The van der Waals surface area contributed by atoms with Gasteiger partial charge in [-0.2, -0.15) is 0 Å². The fraction of sp³-hybridized carbons (Fsp3) is 0.222. The fourth-order valence-electron chi connectivity index (χ4n) is 2.00. The monoisotopic (exact) mass is 363 g/mol. The van der Waals surface area contributed by atoms with Crippen LogP contribution >= 0.6 is 23.4 Å². The Bertz CT molecular complexity index is 721. The Morgan fingerprint density at radius 3 is 2.71 bits per heavy atom. The third-order valence-corrected chi connectivity index (χ3v) is 4.46. The number of carbonyl (C=O) groups excluding carboxylic acids is 2. The van der Waals surface area contributed by atoms with Crippen LogP contribution in [0.4, 0.5) is 5.69 Å². The highest BCUT2D eigenvalue weighted by molar-refractivity contribution is 7.99. The summed E-state index contributed by atoms with van der Waals surface area (Å²) in [6, 6.07) is 14.3. The second kappa shape index (κ2) is 9.35. The molecule has 126 valence electrons. The molecule has 0 unspecified atom stereocenters. The predicted molar refractivity (Wildman–Crippen MR) is 98.6 cm³/mol. The lowest BCUT2D eigenvalue weighted by Crippen LogP contribution is -2.15. The Morgan fingerprint density at radius 1 is 1.17 bits per heavy atom. The van der Waals surface area contributed by atoms with E-state index in [1.807, 2.05) is 24.3 Å². The van der Waals surface area contributed by atoms with Gasteiger partial charge >= 0.3 is 5.97 Å². The van der Waals surface area contributed by atoms with Gasteiger partial charge in [0.15, 0.2) is 0 Å². The minimum Gasteiger partial charge on any atom is -0.462 e. The Morgan fingerprint density at radius 2 is 1.96 bits per heavy atom. The van der Waals surface area contributed by atoms with Crippen LogP contribution < -0.4 is 5.32 Å². The number of hydrogen-bond donors (Lipinski definition) is 1.